The van der Waals surface area contributed by atoms with Gasteiger partial charge in [0.05, 0.1) is 40.0 Å². The summed E-state index contributed by atoms with van der Waals surface area (Å²) in [4.78, 5) is 37.6. The molecule has 2 N–H and O–H groups in total. The second kappa shape index (κ2) is 39.0. The van der Waals surface area contributed by atoms with Gasteiger partial charge in [0.2, 0.25) is 0 Å². The maximum atomic E-state index is 12.7. The number of carbonyl (C=O) groups is 2. The lowest BCUT2D eigenvalue weighted by atomic mass is 10.0. The number of allylic oxidation sites excluding steroid dienone is 13. The summed E-state index contributed by atoms with van der Waals surface area (Å²) in [6.45, 7) is 3.74. The number of ether oxygens (including phenoxy) is 2. The van der Waals surface area contributed by atoms with Gasteiger partial charge in [0.15, 0.2) is 6.10 Å². The standard InChI is InChI=1S/C48H82NO10P/c1-6-8-10-12-14-16-18-20-21-22-23-24-26-28-30-32-34-38-47(52)56-42-44(43-58-60(54,55)57-41-40-49(3,4)5)59-48(53)39-35-37-46(51)45(50)36-33-31-29-27-25-19-17-15-13-11-9-7-2/h14-17,20-21,23-25,27-28,30-31,33,44-46,50-51H,6-13,18-19,22,26,29,32,34-43H2,1-5H3/b16-14-,17-15-,21-20-,24-23-,27-25-,30-28-,33-31-/t44-,45?,46?/m1/s1. The highest BCUT2D eigenvalue weighted by Crippen LogP contribution is 2.38. The van der Waals surface area contributed by atoms with E-state index in [1.807, 2.05) is 45.4 Å². The van der Waals surface area contributed by atoms with Crippen molar-refractivity contribution in [2.75, 3.05) is 47.5 Å². The summed E-state index contributed by atoms with van der Waals surface area (Å²) < 4.78 is 33.6. The maximum absolute atomic E-state index is 12.7. The Balaban J connectivity index is 4.71. The predicted octanol–water partition coefficient (Wildman–Crippen LogP) is 10.1. The van der Waals surface area contributed by atoms with Gasteiger partial charge in [-0.1, -0.05) is 125 Å². The lowest BCUT2D eigenvalue weighted by Gasteiger charge is -2.28. The second-order valence-corrected chi connectivity index (χ2v) is 17.4. The number of phosphoric ester groups is 1. The fourth-order valence-corrected chi connectivity index (χ4v) is 6.12. The number of unbranched alkanes of at least 4 members (excludes halogenated alkanes) is 7. The Morgan fingerprint density at radius 3 is 1.57 bits per heavy atom. The number of carbonyl (C=O) groups excluding carboxylic acids is 2. The van der Waals surface area contributed by atoms with Crippen LogP contribution in [-0.2, 0) is 32.7 Å². The lowest BCUT2D eigenvalue weighted by molar-refractivity contribution is -0.870. The van der Waals surface area contributed by atoms with Gasteiger partial charge in [0, 0.05) is 12.8 Å². The molecule has 0 aliphatic carbocycles. The van der Waals surface area contributed by atoms with E-state index in [4.69, 9.17) is 18.5 Å². The van der Waals surface area contributed by atoms with Crippen molar-refractivity contribution in [1.29, 1.82) is 0 Å². The number of phosphoric acid groups is 1. The zero-order valence-corrected chi connectivity index (χ0v) is 38.7. The number of hydrogen-bond acceptors (Lipinski definition) is 10. The SMILES string of the molecule is CCCCC/C=C\C/C=C\C/C=C\C/C=C\CCCC(=O)OC[C@H](COP(=O)([O-])OCC[N+](C)(C)C)OC(=O)CCCC(O)C(O)C/C=C\C/C=C\C/C=C\CCCCC. The van der Waals surface area contributed by atoms with Gasteiger partial charge in [0.1, 0.15) is 19.8 Å². The molecule has 4 atom stereocenters. The average molecular weight is 864 g/mol. The fraction of sp³-hybridized carbons (Fsp3) is 0.667. The van der Waals surface area contributed by atoms with Crippen LogP contribution in [0, 0.1) is 0 Å². The van der Waals surface area contributed by atoms with Crippen LogP contribution in [0.25, 0.3) is 0 Å². The smallest absolute Gasteiger partial charge is 0.306 e. The van der Waals surface area contributed by atoms with Crippen LogP contribution in [0.4, 0.5) is 0 Å². The van der Waals surface area contributed by atoms with E-state index in [9.17, 15) is 29.3 Å². The quantitative estimate of drug-likeness (QED) is 0.0201. The number of esters is 2. The van der Waals surface area contributed by atoms with Gasteiger partial charge in [-0.15, -0.1) is 0 Å². The Labute approximate surface area is 364 Å². The molecular weight excluding hydrogens is 781 g/mol. The molecule has 0 heterocycles. The molecule has 0 bridgehead atoms. The van der Waals surface area contributed by atoms with E-state index in [1.54, 1.807) is 0 Å². The number of rotatable bonds is 39. The molecule has 12 heteroatoms. The normalized spacial score (nSPS) is 15.4. The van der Waals surface area contributed by atoms with Crippen molar-refractivity contribution < 1.29 is 52.3 Å². The Morgan fingerprint density at radius 2 is 1.07 bits per heavy atom. The van der Waals surface area contributed by atoms with E-state index in [-0.39, 0.29) is 38.7 Å². The molecule has 60 heavy (non-hydrogen) atoms. The fourth-order valence-electron chi connectivity index (χ4n) is 5.40. The molecule has 0 aromatic heterocycles. The summed E-state index contributed by atoms with van der Waals surface area (Å²) in [5, 5.41) is 20.8. The number of aliphatic hydroxyl groups is 2. The van der Waals surface area contributed by atoms with Gasteiger partial charge >= 0.3 is 11.9 Å². The van der Waals surface area contributed by atoms with E-state index >= 15 is 0 Å². The molecule has 344 valence electrons. The van der Waals surface area contributed by atoms with Crippen molar-refractivity contribution in [3.05, 3.63) is 85.1 Å². The van der Waals surface area contributed by atoms with Crippen LogP contribution in [0.5, 0.6) is 0 Å². The summed E-state index contributed by atoms with van der Waals surface area (Å²) in [6.07, 6.45) is 42.2. The number of nitrogens with zero attached hydrogens (tertiary/aromatic N) is 1. The van der Waals surface area contributed by atoms with E-state index in [1.165, 1.54) is 38.5 Å². The van der Waals surface area contributed by atoms with E-state index < -0.39 is 51.3 Å². The molecule has 0 aromatic rings. The highest BCUT2D eigenvalue weighted by molar-refractivity contribution is 7.45. The minimum absolute atomic E-state index is 0.0959. The molecule has 0 spiro atoms. The Bertz CT molecular complexity index is 1330. The minimum Gasteiger partial charge on any atom is -0.756 e. The van der Waals surface area contributed by atoms with Crippen LogP contribution < -0.4 is 4.89 Å². The molecule has 11 nitrogen and oxygen atoms in total. The number of hydrogen-bond donors (Lipinski definition) is 2. The molecule has 0 radical (unpaired) electrons. The molecule has 0 fully saturated rings. The van der Waals surface area contributed by atoms with Gasteiger partial charge in [-0.05, 0) is 89.9 Å². The molecule has 0 amide bonds. The van der Waals surface area contributed by atoms with Gasteiger partial charge < -0.3 is 38.1 Å². The molecule has 0 aromatic carbocycles. The molecule has 0 aliphatic rings. The third-order valence-electron chi connectivity index (χ3n) is 9.09. The monoisotopic (exact) mass is 864 g/mol. The lowest BCUT2D eigenvalue weighted by Crippen LogP contribution is -2.37. The predicted molar refractivity (Wildman–Crippen MR) is 243 cm³/mol. The number of aliphatic hydroxyl groups excluding tert-OH is 2. The summed E-state index contributed by atoms with van der Waals surface area (Å²) in [5.74, 6) is -1.19. The van der Waals surface area contributed by atoms with Crippen LogP contribution in [0.2, 0.25) is 0 Å². The summed E-state index contributed by atoms with van der Waals surface area (Å²) in [5.41, 5.74) is 0. The Kier molecular flexibility index (Phi) is 37.1. The Hall–Kier alpha value is -2.89. The topological polar surface area (TPSA) is 152 Å². The second-order valence-electron chi connectivity index (χ2n) is 16.0. The van der Waals surface area contributed by atoms with Gasteiger partial charge in [-0.25, -0.2) is 0 Å². The van der Waals surface area contributed by atoms with Crippen LogP contribution in [0.3, 0.4) is 0 Å². The third-order valence-corrected chi connectivity index (χ3v) is 10.1. The number of likely N-dealkylation sites (N-methyl/N-ethyl adjacent to an activating group) is 1. The molecule has 0 saturated carbocycles. The van der Waals surface area contributed by atoms with Crippen molar-refractivity contribution in [3.63, 3.8) is 0 Å². The third kappa shape index (κ3) is 40.5. The van der Waals surface area contributed by atoms with Crippen LogP contribution in [-0.4, -0.2) is 92.5 Å². The van der Waals surface area contributed by atoms with Crippen molar-refractivity contribution in [2.24, 2.45) is 0 Å². The zero-order valence-electron chi connectivity index (χ0n) is 37.8. The van der Waals surface area contributed by atoms with E-state index in [0.29, 0.717) is 23.9 Å². The van der Waals surface area contributed by atoms with Crippen molar-refractivity contribution in [2.45, 2.75) is 161 Å². The maximum Gasteiger partial charge on any atom is 0.306 e. The average Bonchev–Trinajstić information content (AvgIpc) is 3.19. The molecule has 3 unspecified atom stereocenters. The summed E-state index contributed by atoms with van der Waals surface area (Å²) in [6, 6.07) is 0. The first-order valence-electron chi connectivity index (χ1n) is 22.5. The van der Waals surface area contributed by atoms with E-state index in [2.05, 4.69) is 74.6 Å². The zero-order chi connectivity index (χ0) is 44.6. The molecule has 0 rings (SSSR count). The van der Waals surface area contributed by atoms with Crippen molar-refractivity contribution >= 4 is 19.8 Å². The molecule has 0 aliphatic heterocycles. The largest absolute Gasteiger partial charge is 0.756 e. The first-order valence-corrected chi connectivity index (χ1v) is 23.9. The molecular formula is C48H82NO10P. The first-order chi connectivity index (χ1) is 28.8. The molecule has 0 saturated heterocycles. The first kappa shape index (κ1) is 57.1. The highest BCUT2D eigenvalue weighted by Gasteiger charge is 2.22. The summed E-state index contributed by atoms with van der Waals surface area (Å²) >= 11 is 0. The van der Waals surface area contributed by atoms with Crippen LogP contribution >= 0.6 is 7.82 Å². The highest BCUT2D eigenvalue weighted by atomic mass is 31.2. The van der Waals surface area contributed by atoms with Crippen molar-refractivity contribution in [3.8, 4) is 0 Å². The van der Waals surface area contributed by atoms with Gasteiger partial charge in [0.25, 0.3) is 7.82 Å². The van der Waals surface area contributed by atoms with Crippen LogP contribution in [0.15, 0.2) is 85.1 Å². The summed E-state index contributed by atoms with van der Waals surface area (Å²) in [7, 11) is 0.945. The number of quaternary nitrogens is 1. The van der Waals surface area contributed by atoms with E-state index in [0.717, 1.165) is 44.9 Å². The minimum atomic E-state index is -4.73. The van der Waals surface area contributed by atoms with Crippen molar-refractivity contribution in [1.82, 2.24) is 0 Å². The van der Waals surface area contributed by atoms with Crippen LogP contribution in [0.1, 0.15) is 142 Å². The van der Waals surface area contributed by atoms with Gasteiger partial charge in [-0.2, -0.15) is 0 Å². The Morgan fingerprint density at radius 1 is 0.600 bits per heavy atom. The van der Waals surface area contributed by atoms with Gasteiger partial charge in [-0.3, -0.25) is 14.2 Å².